The summed E-state index contributed by atoms with van der Waals surface area (Å²) >= 11 is 3.19. The Labute approximate surface area is 129 Å². The largest absolute Gasteiger partial charge is 0.507 e. The Morgan fingerprint density at radius 1 is 1.33 bits per heavy atom. The fraction of sp³-hybridized carbons (Fsp3) is 0. The molecule has 0 atom stereocenters. The van der Waals surface area contributed by atoms with Crippen molar-refractivity contribution in [1.82, 2.24) is 0 Å². The standard InChI is InChI=1S/C15H9BrN2O3/c16-14-7-10(4-5-15(14)19)6-12(9-17)11-2-1-3-13(8-11)18(20)21/h1-8,19H/b12-6-. The Morgan fingerprint density at radius 2 is 2.10 bits per heavy atom. The van der Waals surface area contributed by atoms with Gasteiger partial charge in [-0.25, -0.2) is 0 Å². The molecule has 0 aliphatic rings. The summed E-state index contributed by atoms with van der Waals surface area (Å²) in [6, 6.07) is 12.7. The molecule has 1 N–H and O–H groups in total. The van der Waals surface area contributed by atoms with Crippen LogP contribution in [0.4, 0.5) is 5.69 Å². The van der Waals surface area contributed by atoms with Gasteiger partial charge in [0.2, 0.25) is 0 Å². The third-order valence-electron chi connectivity index (χ3n) is 2.77. The van der Waals surface area contributed by atoms with Crippen molar-refractivity contribution < 1.29 is 10.0 Å². The lowest BCUT2D eigenvalue weighted by atomic mass is 10.0. The maximum Gasteiger partial charge on any atom is 0.270 e. The lowest BCUT2D eigenvalue weighted by Crippen LogP contribution is -1.89. The Bertz CT molecular complexity index is 779. The summed E-state index contributed by atoms with van der Waals surface area (Å²) in [5.74, 6) is 0.0982. The maximum atomic E-state index is 10.8. The number of nitriles is 1. The number of nitro benzene ring substituents is 1. The van der Waals surface area contributed by atoms with E-state index in [9.17, 15) is 20.5 Å². The van der Waals surface area contributed by atoms with Gasteiger partial charge in [0, 0.05) is 12.1 Å². The lowest BCUT2D eigenvalue weighted by Gasteiger charge is -2.02. The van der Waals surface area contributed by atoms with Crippen LogP contribution in [0.5, 0.6) is 5.75 Å². The van der Waals surface area contributed by atoms with Gasteiger partial charge in [-0.1, -0.05) is 18.2 Å². The fourth-order valence-electron chi connectivity index (χ4n) is 1.75. The number of benzene rings is 2. The second-order valence-electron chi connectivity index (χ2n) is 4.19. The summed E-state index contributed by atoms with van der Waals surface area (Å²) in [6.45, 7) is 0. The molecule has 0 bridgehead atoms. The second kappa shape index (κ2) is 6.20. The van der Waals surface area contributed by atoms with Crippen molar-refractivity contribution in [1.29, 1.82) is 5.26 Å². The molecule has 0 aliphatic heterocycles. The molecule has 0 radical (unpaired) electrons. The highest BCUT2D eigenvalue weighted by atomic mass is 79.9. The van der Waals surface area contributed by atoms with Crippen LogP contribution in [-0.4, -0.2) is 10.0 Å². The van der Waals surface area contributed by atoms with Crippen molar-refractivity contribution in [3.8, 4) is 11.8 Å². The van der Waals surface area contributed by atoms with E-state index in [0.29, 0.717) is 21.2 Å². The Kier molecular flexibility index (Phi) is 4.36. The van der Waals surface area contributed by atoms with E-state index in [1.165, 1.54) is 24.3 Å². The Morgan fingerprint density at radius 3 is 2.71 bits per heavy atom. The van der Waals surface area contributed by atoms with E-state index in [1.807, 2.05) is 6.07 Å². The number of allylic oxidation sites excluding steroid dienone is 1. The molecule has 0 saturated carbocycles. The van der Waals surface area contributed by atoms with Gasteiger partial charge in [0.1, 0.15) is 5.75 Å². The molecule has 2 rings (SSSR count). The number of nitrogens with zero attached hydrogens (tertiary/aromatic N) is 2. The van der Waals surface area contributed by atoms with Gasteiger partial charge < -0.3 is 5.11 Å². The number of nitro groups is 1. The van der Waals surface area contributed by atoms with Crippen molar-refractivity contribution >= 4 is 33.3 Å². The van der Waals surface area contributed by atoms with E-state index in [4.69, 9.17) is 0 Å². The number of hydrogen-bond donors (Lipinski definition) is 1. The molecule has 0 heterocycles. The minimum Gasteiger partial charge on any atom is -0.507 e. The minimum absolute atomic E-state index is 0.0689. The zero-order valence-electron chi connectivity index (χ0n) is 10.7. The lowest BCUT2D eigenvalue weighted by molar-refractivity contribution is -0.384. The van der Waals surface area contributed by atoms with E-state index >= 15 is 0 Å². The van der Waals surface area contributed by atoms with Gasteiger partial charge in [-0.15, -0.1) is 0 Å². The van der Waals surface area contributed by atoms with Crippen molar-refractivity contribution in [2.24, 2.45) is 0 Å². The minimum atomic E-state index is -0.504. The molecule has 0 amide bonds. The van der Waals surface area contributed by atoms with Crippen molar-refractivity contribution in [3.63, 3.8) is 0 Å². The van der Waals surface area contributed by atoms with E-state index in [1.54, 1.807) is 24.3 Å². The SMILES string of the molecule is N#C/C(=C/c1ccc(O)c(Br)c1)c1cccc([N+](=O)[O-])c1. The highest BCUT2D eigenvalue weighted by Gasteiger charge is 2.09. The zero-order chi connectivity index (χ0) is 15.4. The Hall–Kier alpha value is -2.65. The Balaban J connectivity index is 2.46. The normalized spacial score (nSPS) is 11.0. The molecule has 2 aromatic rings. The molecular weight excluding hydrogens is 336 g/mol. The van der Waals surface area contributed by atoms with Crippen LogP contribution in [0.2, 0.25) is 0 Å². The number of rotatable bonds is 3. The topological polar surface area (TPSA) is 87.2 Å². The summed E-state index contributed by atoms with van der Waals surface area (Å²) < 4.78 is 0.507. The first-order valence-corrected chi connectivity index (χ1v) is 6.65. The number of phenols is 1. The monoisotopic (exact) mass is 344 g/mol. The molecule has 6 heteroatoms. The van der Waals surface area contributed by atoms with Crippen molar-refractivity contribution in [3.05, 3.63) is 68.2 Å². The van der Waals surface area contributed by atoms with Crippen LogP contribution in [0.25, 0.3) is 11.6 Å². The third-order valence-corrected chi connectivity index (χ3v) is 3.41. The number of non-ortho nitro benzene ring substituents is 1. The maximum absolute atomic E-state index is 10.8. The first kappa shape index (κ1) is 14.8. The van der Waals surface area contributed by atoms with Crippen LogP contribution in [0.15, 0.2) is 46.9 Å². The fourth-order valence-corrected chi connectivity index (χ4v) is 2.14. The third kappa shape index (κ3) is 3.46. The van der Waals surface area contributed by atoms with Crippen molar-refractivity contribution in [2.45, 2.75) is 0 Å². The highest BCUT2D eigenvalue weighted by Crippen LogP contribution is 2.27. The molecule has 0 unspecified atom stereocenters. The van der Waals surface area contributed by atoms with E-state index in [-0.39, 0.29) is 11.4 Å². The second-order valence-corrected chi connectivity index (χ2v) is 5.04. The molecule has 5 nitrogen and oxygen atoms in total. The van der Waals surface area contributed by atoms with Gasteiger partial charge in [0.05, 0.1) is 21.0 Å². The van der Waals surface area contributed by atoms with Gasteiger partial charge in [-0.05, 0) is 45.3 Å². The number of phenolic OH excluding ortho intramolecular Hbond substituents is 1. The van der Waals surface area contributed by atoms with E-state index in [2.05, 4.69) is 15.9 Å². The molecule has 0 saturated heterocycles. The first-order chi connectivity index (χ1) is 10.0. The molecule has 104 valence electrons. The summed E-state index contributed by atoms with van der Waals surface area (Å²) in [4.78, 5) is 10.3. The first-order valence-electron chi connectivity index (χ1n) is 5.86. The predicted octanol–water partition coefficient (Wildman–Crippen LogP) is 4.13. The van der Waals surface area contributed by atoms with Crippen LogP contribution in [-0.2, 0) is 0 Å². The quantitative estimate of drug-likeness (QED) is 0.392. The van der Waals surface area contributed by atoms with Crippen LogP contribution in [0, 0.1) is 21.4 Å². The summed E-state index contributed by atoms with van der Waals surface area (Å²) in [7, 11) is 0. The molecule has 0 aromatic heterocycles. The molecule has 0 spiro atoms. The van der Waals surface area contributed by atoms with Gasteiger partial charge >= 0.3 is 0 Å². The molecule has 0 aliphatic carbocycles. The smallest absolute Gasteiger partial charge is 0.270 e. The molecule has 0 fully saturated rings. The number of hydrogen-bond acceptors (Lipinski definition) is 4. The highest BCUT2D eigenvalue weighted by molar-refractivity contribution is 9.10. The number of halogens is 1. The van der Waals surface area contributed by atoms with E-state index in [0.717, 1.165) is 0 Å². The summed E-state index contributed by atoms with van der Waals surface area (Å²) in [5.41, 5.74) is 1.40. The zero-order valence-corrected chi connectivity index (χ0v) is 12.2. The van der Waals surface area contributed by atoms with Gasteiger partial charge in [0.25, 0.3) is 5.69 Å². The van der Waals surface area contributed by atoms with Crippen LogP contribution in [0.1, 0.15) is 11.1 Å². The summed E-state index contributed by atoms with van der Waals surface area (Å²) in [6.07, 6.45) is 1.60. The van der Waals surface area contributed by atoms with E-state index < -0.39 is 4.92 Å². The summed E-state index contributed by atoms with van der Waals surface area (Å²) in [5, 5.41) is 29.5. The molecule has 2 aromatic carbocycles. The average Bonchev–Trinajstić information content (AvgIpc) is 2.48. The predicted molar refractivity (Wildman–Crippen MR) is 82.4 cm³/mol. The van der Waals surface area contributed by atoms with Gasteiger partial charge in [-0.3, -0.25) is 10.1 Å². The van der Waals surface area contributed by atoms with Crippen LogP contribution in [0.3, 0.4) is 0 Å². The van der Waals surface area contributed by atoms with Crippen LogP contribution < -0.4 is 0 Å². The van der Waals surface area contributed by atoms with Crippen LogP contribution >= 0.6 is 15.9 Å². The molecular formula is C15H9BrN2O3. The van der Waals surface area contributed by atoms with Gasteiger partial charge in [-0.2, -0.15) is 5.26 Å². The average molecular weight is 345 g/mol. The van der Waals surface area contributed by atoms with Gasteiger partial charge in [0.15, 0.2) is 0 Å². The molecule has 21 heavy (non-hydrogen) atoms. The van der Waals surface area contributed by atoms with Crippen molar-refractivity contribution in [2.75, 3.05) is 0 Å². The number of aromatic hydroxyl groups is 1.